The molecule has 0 unspecified atom stereocenters. The molecule has 24 heavy (non-hydrogen) atoms. The Morgan fingerprint density at radius 2 is 2.08 bits per heavy atom. The van der Waals surface area contributed by atoms with Crippen LogP contribution in [0.15, 0.2) is 23.2 Å². The summed E-state index contributed by atoms with van der Waals surface area (Å²) in [5, 5.41) is 7.19. The van der Waals surface area contributed by atoms with Crippen molar-refractivity contribution in [2.75, 3.05) is 20.2 Å². The topological polar surface area (TPSA) is 58.5 Å². The Morgan fingerprint density at radius 3 is 2.71 bits per heavy atom. The third-order valence-electron chi connectivity index (χ3n) is 3.25. The van der Waals surface area contributed by atoms with Gasteiger partial charge in [0.2, 0.25) is 0 Å². The average Bonchev–Trinajstić information content (AvgIpc) is 2.86. The third-order valence-corrected chi connectivity index (χ3v) is 4.32. The molecule has 5 nitrogen and oxygen atoms in total. The molecule has 1 heterocycles. The van der Waals surface area contributed by atoms with Crippen LogP contribution in [0.2, 0.25) is 0 Å². The Bertz CT molecular complexity index is 699. The summed E-state index contributed by atoms with van der Waals surface area (Å²) >= 11 is 1.64. The fraction of sp³-hybridized carbons (Fsp3) is 0.375. The standard InChI is InChI=1S/C16H20F2N4OS/c1-10-11(2)24-15(22-10)9-21-16(19-3)20-6-7-23-14-5-4-12(17)8-13(14)18/h4-5,8H,6-7,9H2,1-3H3,(H2,19,20,21). The highest BCUT2D eigenvalue weighted by molar-refractivity contribution is 7.11. The normalized spacial score (nSPS) is 11.5. The van der Waals surface area contributed by atoms with Crippen LogP contribution in [0.4, 0.5) is 8.78 Å². The molecule has 0 bridgehead atoms. The van der Waals surface area contributed by atoms with E-state index in [1.54, 1.807) is 18.4 Å². The van der Waals surface area contributed by atoms with E-state index in [0.29, 0.717) is 19.0 Å². The predicted molar refractivity (Wildman–Crippen MR) is 91.6 cm³/mol. The summed E-state index contributed by atoms with van der Waals surface area (Å²) in [5.41, 5.74) is 1.04. The predicted octanol–water partition coefficient (Wildman–Crippen LogP) is 2.78. The molecule has 8 heteroatoms. The van der Waals surface area contributed by atoms with E-state index in [2.05, 4.69) is 20.6 Å². The molecule has 1 aromatic carbocycles. The molecule has 2 aromatic rings. The van der Waals surface area contributed by atoms with Crippen LogP contribution >= 0.6 is 11.3 Å². The number of benzene rings is 1. The summed E-state index contributed by atoms with van der Waals surface area (Å²) in [7, 11) is 1.66. The molecule has 0 spiro atoms. The van der Waals surface area contributed by atoms with E-state index in [4.69, 9.17) is 4.74 Å². The van der Waals surface area contributed by atoms with Gasteiger partial charge < -0.3 is 15.4 Å². The number of nitrogens with zero attached hydrogens (tertiary/aromatic N) is 2. The second-order valence-corrected chi connectivity index (χ2v) is 6.31. The van der Waals surface area contributed by atoms with Crippen LogP contribution in [-0.4, -0.2) is 31.1 Å². The van der Waals surface area contributed by atoms with E-state index in [1.807, 2.05) is 13.8 Å². The quantitative estimate of drug-likeness (QED) is 0.476. The number of aryl methyl sites for hydroxylation is 2. The van der Waals surface area contributed by atoms with Crippen LogP contribution in [0.5, 0.6) is 5.75 Å². The van der Waals surface area contributed by atoms with Crippen molar-refractivity contribution in [3.8, 4) is 5.75 Å². The highest BCUT2D eigenvalue weighted by Gasteiger charge is 2.06. The van der Waals surface area contributed by atoms with Crippen molar-refractivity contribution in [1.82, 2.24) is 15.6 Å². The van der Waals surface area contributed by atoms with Crippen molar-refractivity contribution < 1.29 is 13.5 Å². The Kier molecular flexibility index (Phi) is 6.48. The number of halogens is 2. The number of rotatable bonds is 6. The van der Waals surface area contributed by atoms with E-state index in [0.717, 1.165) is 22.8 Å². The molecule has 130 valence electrons. The third kappa shape index (κ3) is 5.16. The van der Waals surface area contributed by atoms with Gasteiger partial charge in [-0.2, -0.15) is 0 Å². The zero-order chi connectivity index (χ0) is 17.5. The number of hydrogen-bond acceptors (Lipinski definition) is 4. The van der Waals surface area contributed by atoms with Crippen molar-refractivity contribution in [2.24, 2.45) is 4.99 Å². The number of guanidine groups is 1. The Hall–Kier alpha value is -2.22. The first-order chi connectivity index (χ1) is 11.5. The van der Waals surface area contributed by atoms with Crippen LogP contribution in [0.25, 0.3) is 0 Å². The van der Waals surface area contributed by atoms with Crippen molar-refractivity contribution in [3.05, 3.63) is 45.4 Å². The first-order valence-corrected chi connectivity index (χ1v) is 8.26. The lowest BCUT2D eigenvalue weighted by atomic mass is 10.3. The van der Waals surface area contributed by atoms with Crippen LogP contribution in [-0.2, 0) is 6.54 Å². The fourth-order valence-electron chi connectivity index (χ4n) is 1.92. The summed E-state index contributed by atoms with van der Waals surface area (Å²) in [5.74, 6) is -0.721. The SMILES string of the molecule is CN=C(NCCOc1ccc(F)cc1F)NCc1nc(C)c(C)s1. The molecule has 0 aliphatic carbocycles. The summed E-state index contributed by atoms with van der Waals surface area (Å²) in [6.45, 7) is 5.24. The Labute approximate surface area is 143 Å². The lowest BCUT2D eigenvalue weighted by Gasteiger charge is -2.12. The summed E-state index contributed by atoms with van der Waals surface area (Å²) < 4.78 is 31.5. The molecule has 0 amide bonds. The molecule has 2 N–H and O–H groups in total. The van der Waals surface area contributed by atoms with Gasteiger partial charge in [0.05, 0.1) is 18.8 Å². The van der Waals surface area contributed by atoms with E-state index in [9.17, 15) is 8.78 Å². The summed E-state index contributed by atoms with van der Waals surface area (Å²) in [6, 6.07) is 3.22. The van der Waals surface area contributed by atoms with E-state index in [-0.39, 0.29) is 12.4 Å². The van der Waals surface area contributed by atoms with Crippen molar-refractivity contribution in [2.45, 2.75) is 20.4 Å². The van der Waals surface area contributed by atoms with Gasteiger partial charge in [-0.15, -0.1) is 11.3 Å². The monoisotopic (exact) mass is 354 g/mol. The summed E-state index contributed by atoms with van der Waals surface area (Å²) in [6.07, 6.45) is 0. The molecule has 0 fully saturated rings. The number of ether oxygens (including phenoxy) is 1. The zero-order valence-corrected chi connectivity index (χ0v) is 14.6. The summed E-state index contributed by atoms with van der Waals surface area (Å²) in [4.78, 5) is 9.74. The van der Waals surface area contributed by atoms with Gasteiger partial charge in [-0.05, 0) is 26.0 Å². The number of thiazole rings is 1. The van der Waals surface area contributed by atoms with Crippen LogP contribution in [0, 0.1) is 25.5 Å². The molecular weight excluding hydrogens is 334 g/mol. The van der Waals surface area contributed by atoms with Crippen molar-refractivity contribution in [3.63, 3.8) is 0 Å². The number of aliphatic imine (C=N–C) groups is 1. The van der Waals surface area contributed by atoms with Gasteiger partial charge >= 0.3 is 0 Å². The van der Waals surface area contributed by atoms with Gasteiger partial charge in [-0.3, -0.25) is 4.99 Å². The molecule has 0 saturated heterocycles. The minimum Gasteiger partial charge on any atom is -0.489 e. The minimum absolute atomic E-state index is 0.0230. The maximum absolute atomic E-state index is 13.4. The largest absolute Gasteiger partial charge is 0.489 e. The first-order valence-electron chi connectivity index (χ1n) is 7.45. The molecule has 0 radical (unpaired) electrons. The van der Waals surface area contributed by atoms with E-state index >= 15 is 0 Å². The lowest BCUT2D eigenvalue weighted by molar-refractivity contribution is 0.304. The highest BCUT2D eigenvalue weighted by Crippen LogP contribution is 2.17. The second kappa shape index (κ2) is 8.58. The molecule has 0 aliphatic rings. The smallest absolute Gasteiger partial charge is 0.191 e. The van der Waals surface area contributed by atoms with Crippen LogP contribution in [0.3, 0.4) is 0 Å². The van der Waals surface area contributed by atoms with Crippen LogP contribution in [0.1, 0.15) is 15.6 Å². The van der Waals surface area contributed by atoms with Gasteiger partial charge in [-0.1, -0.05) is 0 Å². The Morgan fingerprint density at radius 1 is 1.29 bits per heavy atom. The molecule has 1 aromatic heterocycles. The molecular formula is C16H20F2N4OS. The second-order valence-electron chi connectivity index (χ2n) is 5.02. The molecule has 2 rings (SSSR count). The maximum atomic E-state index is 13.4. The van der Waals surface area contributed by atoms with Gasteiger partial charge in [0.25, 0.3) is 0 Å². The van der Waals surface area contributed by atoms with Gasteiger partial charge in [-0.25, -0.2) is 13.8 Å². The lowest BCUT2D eigenvalue weighted by Crippen LogP contribution is -2.38. The van der Waals surface area contributed by atoms with Crippen molar-refractivity contribution >= 4 is 17.3 Å². The molecule has 0 atom stereocenters. The first kappa shape index (κ1) is 18.1. The Balaban J connectivity index is 1.73. The molecule has 0 saturated carbocycles. The van der Waals surface area contributed by atoms with Gasteiger partial charge in [0.15, 0.2) is 17.5 Å². The highest BCUT2D eigenvalue weighted by atomic mass is 32.1. The minimum atomic E-state index is -0.716. The fourth-order valence-corrected chi connectivity index (χ4v) is 2.79. The van der Waals surface area contributed by atoms with Crippen LogP contribution < -0.4 is 15.4 Å². The molecule has 0 aliphatic heterocycles. The maximum Gasteiger partial charge on any atom is 0.191 e. The number of nitrogens with one attached hydrogen (secondary N) is 2. The van der Waals surface area contributed by atoms with Gasteiger partial charge in [0.1, 0.15) is 17.4 Å². The van der Waals surface area contributed by atoms with E-state index < -0.39 is 11.6 Å². The van der Waals surface area contributed by atoms with E-state index in [1.165, 1.54) is 10.9 Å². The zero-order valence-electron chi connectivity index (χ0n) is 13.8. The van der Waals surface area contributed by atoms with Gasteiger partial charge in [0, 0.05) is 18.0 Å². The number of hydrogen-bond donors (Lipinski definition) is 2. The van der Waals surface area contributed by atoms with Crippen molar-refractivity contribution in [1.29, 1.82) is 0 Å². The average molecular weight is 354 g/mol. The number of aromatic nitrogens is 1.